The average molecular weight is 276 g/mol. The van der Waals surface area contributed by atoms with Gasteiger partial charge in [-0.3, -0.25) is 0 Å². The molecule has 0 aliphatic heterocycles. The van der Waals surface area contributed by atoms with Crippen LogP contribution in [0.1, 0.15) is 20.8 Å². The molecule has 1 N–H and O–H groups in total. The summed E-state index contributed by atoms with van der Waals surface area (Å²) in [5.41, 5.74) is 0. The number of benzene rings is 1. The molecule has 0 aliphatic carbocycles. The van der Waals surface area contributed by atoms with E-state index >= 15 is 0 Å². The van der Waals surface area contributed by atoms with Crippen LogP contribution in [0.25, 0.3) is 0 Å². The minimum Gasteiger partial charge on any atom is -0.491 e. The number of ether oxygens (including phenoxy) is 1. The first kappa shape index (κ1) is 14.6. The Balaban J connectivity index is 2.34. The van der Waals surface area contributed by atoms with E-state index in [2.05, 4.69) is 26.1 Å². The Hall–Kier alpha value is -0.440. The van der Waals surface area contributed by atoms with Crippen molar-refractivity contribution in [1.82, 2.24) is 5.32 Å². The molecule has 1 aromatic rings. The van der Waals surface area contributed by atoms with Crippen LogP contribution in [-0.4, -0.2) is 19.2 Å². The van der Waals surface area contributed by atoms with Gasteiger partial charge >= 0.3 is 0 Å². The smallest absolute Gasteiger partial charge is 0.139 e. The highest BCUT2D eigenvalue weighted by atomic mass is 35.5. The second kappa shape index (κ2) is 7.10. The lowest BCUT2D eigenvalue weighted by Crippen LogP contribution is -2.33. The predicted octanol–water partition coefficient (Wildman–Crippen LogP) is 4.01. The molecular formula is C13H19Cl2NO. The number of hydrogen-bond acceptors (Lipinski definition) is 2. The van der Waals surface area contributed by atoms with Crippen molar-refractivity contribution >= 4 is 23.2 Å². The summed E-state index contributed by atoms with van der Waals surface area (Å²) in [4.78, 5) is 0. The molecule has 17 heavy (non-hydrogen) atoms. The molecule has 0 heterocycles. The van der Waals surface area contributed by atoms with E-state index in [1.165, 1.54) is 0 Å². The van der Waals surface area contributed by atoms with E-state index < -0.39 is 0 Å². The third-order valence-electron chi connectivity index (χ3n) is 2.74. The topological polar surface area (TPSA) is 21.3 Å². The molecule has 2 nitrogen and oxygen atoms in total. The quantitative estimate of drug-likeness (QED) is 0.793. The Morgan fingerprint density at radius 3 is 2.59 bits per heavy atom. The molecule has 1 rings (SSSR count). The molecule has 0 saturated carbocycles. The highest BCUT2D eigenvalue weighted by molar-refractivity contribution is 6.42. The Morgan fingerprint density at radius 2 is 1.94 bits per heavy atom. The minimum atomic E-state index is 0.478. The lowest BCUT2D eigenvalue weighted by molar-refractivity contribution is 0.297. The zero-order chi connectivity index (χ0) is 12.8. The van der Waals surface area contributed by atoms with Gasteiger partial charge in [-0.2, -0.15) is 0 Å². The standard InChI is InChI=1S/C13H19Cl2NO/c1-9(2)10(3)16-7-8-17-12-6-4-5-11(14)13(12)15/h4-6,9-10,16H,7-8H2,1-3H3. The second-order valence-electron chi connectivity index (χ2n) is 4.39. The maximum atomic E-state index is 6.01. The van der Waals surface area contributed by atoms with Crippen molar-refractivity contribution in [3.8, 4) is 5.75 Å². The van der Waals surface area contributed by atoms with Crippen molar-refractivity contribution in [2.45, 2.75) is 26.8 Å². The average Bonchev–Trinajstić information content (AvgIpc) is 2.29. The van der Waals surface area contributed by atoms with Crippen LogP contribution in [0.5, 0.6) is 5.75 Å². The SMILES string of the molecule is CC(C)C(C)NCCOc1cccc(Cl)c1Cl. The highest BCUT2D eigenvalue weighted by Crippen LogP contribution is 2.31. The minimum absolute atomic E-state index is 0.478. The summed E-state index contributed by atoms with van der Waals surface area (Å²) in [6.45, 7) is 7.91. The van der Waals surface area contributed by atoms with E-state index in [0.717, 1.165) is 6.54 Å². The summed E-state index contributed by atoms with van der Waals surface area (Å²) in [6.07, 6.45) is 0. The van der Waals surface area contributed by atoms with E-state index in [4.69, 9.17) is 27.9 Å². The van der Waals surface area contributed by atoms with Crippen LogP contribution < -0.4 is 10.1 Å². The fourth-order valence-corrected chi connectivity index (χ4v) is 1.63. The maximum absolute atomic E-state index is 6.01. The van der Waals surface area contributed by atoms with E-state index in [1.54, 1.807) is 6.07 Å². The molecule has 0 fully saturated rings. The van der Waals surface area contributed by atoms with Crippen LogP contribution in [0.4, 0.5) is 0 Å². The van der Waals surface area contributed by atoms with Crippen LogP contribution in [0.2, 0.25) is 10.0 Å². The van der Waals surface area contributed by atoms with Gasteiger partial charge in [-0.15, -0.1) is 0 Å². The Kier molecular flexibility index (Phi) is 6.10. The Morgan fingerprint density at radius 1 is 1.24 bits per heavy atom. The lowest BCUT2D eigenvalue weighted by atomic mass is 10.1. The zero-order valence-corrected chi connectivity index (χ0v) is 12.0. The van der Waals surface area contributed by atoms with Crippen molar-refractivity contribution in [3.05, 3.63) is 28.2 Å². The second-order valence-corrected chi connectivity index (χ2v) is 5.17. The number of halogens is 2. The summed E-state index contributed by atoms with van der Waals surface area (Å²) in [7, 11) is 0. The van der Waals surface area contributed by atoms with Gasteiger partial charge in [0.05, 0.1) is 5.02 Å². The third kappa shape index (κ3) is 4.74. The Bertz CT molecular complexity index is 355. The van der Waals surface area contributed by atoms with Crippen LogP contribution in [0.15, 0.2) is 18.2 Å². The number of hydrogen-bond donors (Lipinski definition) is 1. The van der Waals surface area contributed by atoms with Crippen molar-refractivity contribution in [2.24, 2.45) is 5.92 Å². The summed E-state index contributed by atoms with van der Waals surface area (Å²) >= 11 is 11.9. The van der Waals surface area contributed by atoms with Crippen LogP contribution in [0.3, 0.4) is 0 Å². The van der Waals surface area contributed by atoms with E-state index in [9.17, 15) is 0 Å². The molecule has 1 atom stereocenters. The van der Waals surface area contributed by atoms with Gasteiger partial charge in [0.2, 0.25) is 0 Å². The number of rotatable bonds is 6. The van der Waals surface area contributed by atoms with Gasteiger partial charge in [0.1, 0.15) is 17.4 Å². The van der Waals surface area contributed by atoms with E-state index in [-0.39, 0.29) is 0 Å². The third-order valence-corrected chi connectivity index (χ3v) is 3.54. The first-order valence-corrected chi connectivity index (χ1v) is 6.58. The molecule has 1 aromatic carbocycles. The molecule has 4 heteroatoms. The van der Waals surface area contributed by atoms with Gasteiger partial charge in [-0.25, -0.2) is 0 Å². The summed E-state index contributed by atoms with van der Waals surface area (Å²) in [5, 5.41) is 4.38. The molecular weight excluding hydrogens is 257 g/mol. The first-order valence-electron chi connectivity index (χ1n) is 5.82. The van der Waals surface area contributed by atoms with Crippen LogP contribution in [-0.2, 0) is 0 Å². The van der Waals surface area contributed by atoms with Crippen molar-refractivity contribution in [1.29, 1.82) is 0 Å². The molecule has 96 valence electrons. The van der Waals surface area contributed by atoms with Gasteiger partial charge in [0, 0.05) is 12.6 Å². The maximum Gasteiger partial charge on any atom is 0.139 e. The molecule has 0 saturated heterocycles. The predicted molar refractivity (Wildman–Crippen MR) is 74.3 cm³/mol. The van der Waals surface area contributed by atoms with Gasteiger partial charge in [-0.05, 0) is 25.0 Å². The van der Waals surface area contributed by atoms with Crippen LogP contribution in [0, 0.1) is 5.92 Å². The molecule has 0 radical (unpaired) electrons. The first-order chi connectivity index (χ1) is 8.02. The van der Waals surface area contributed by atoms with Gasteiger partial charge < -0.3 is 10.1 Å². The molecule has 0 bridgehead atoms. The lowest BCUT2D eigenvalue weighted by Gasteiger charge is -2.17. The van der Waals surface area contributed by atoms with Crippen molar-refractivity contribution < 1.29 is 4.74 Å². The summed E-state index contributed by atoms with van der Waals surface area (Å²) in [5.74, 6) is 1.25. The fraction of sp³-hybridized carbons (Fsp3) is 0.538. The highest BCUT2D eigenvalue weighted by Gasteiger charge is 2.07. The van der Waals surface area contributed by atoms with Gasteiger partial charge in [-0.1, -0.05) is 43.1 Å². The summed E-state index contributed by atoms with van der Waals surface area (Å²) < 4.78 is 5.57. The van der Waals surface area contributed by atoms with Gasteiger partial charge in [0.25, 0.3) is 0 Å². The van der Waals surface area contributed by atoms with E-state index in [0.29, 0.717) is 34.4 Å². The van der Waals surface area contributed by atoms with Crippen molar-refractivity contribution in [2.75, 3.05) is 13.2 Å². The summed E-state index contributed by atoms with van der Waals surface area (Å²) in [6, 6.07) is 5.87. The zero-order valence-electron chi connectivity index (χ0n) is 10.5. The normalized spacial score (nSPS) is 12.8. The van der Waals surface area contributed by atoms with Crippen molar-refractivity contribution in [3.63, 3.8) is 0 Å². The number of nitrogens with one attached hydrogen (secondary N) is 1. The molecule has 0 aliphatic rings. The van der Waals surface area contributed by atoms with Crippen LogP contribution >= 0.6 is 23.2 Å². The Labute approximate surface area is 113 Å². The van der Waals surface area contributed by atoms with E-state index in [1.807, 2.05) is 12.1 Å². The molecule has 0 aromatic heterocycles. The monoisotopic (exact) mass is 275 g/mol. The molecule has 0 amide bonds. The largest absolute Gasteiger partial charge is 0.491 e. The fourth-order valence-electron chi connectivity index (χ4n) is 1.28. The van der Waals surface area contributed by atoms with Gasteiger partial charge in [0.15, 0.2) is 0 Å². The molecule has 0 spiro atoms. The molecule has 1 unspecified atom stereocenters.